The Morgan fingerprint density at radius 2 is 2.08 bits per heavy atom. The van der Waals surface area contributed by atoms with Crippen LogP contribution in [-0.2, 0) is 18.4 Å². The lowest BCUT2D eigenvalue weighted by atomic mass is 9.89. The molecule has 6 heteroatoms. The molecule has 2 aromatic heterocycles. The third-order valence-corrected chi connectivity index (χ3v) is 4.65. The van der Waals surface area contributed by atoms with E-state index in [1.165, 1.54) is 0 Å². The van der Waals surface area contributed by atoms with Gasteiger partial charge >= 0.3 is 0 Å². The van der Waals surface area contributed by atoms with Crippen LogP contribution >= 0.6 is 0 Å². The summed E-state index contributed by atoms with van der Waals surface area (Å²) in [5.74, 6) is 1.62. The summed E-state index contributed by atoms with van der Waals surface area (Å²) in [6, 6.07) is 10.1. The van der Waals surface area contributed by atoms with Crippen LogP contribution in [0.25, 0.3) is 11.3 Å². The van der Waals surface area contributed by atoms with Gasteiger partial charge in [-0.25, -0.2) is 4.98 Å². The van der Waals surface area contributed by atoms with Gasteiger partial charge in [0.15, 0.2) is 0 Å². The largest absolute Gasteiger partial charge is 0.334 e. The molecule has 1 unspecified atom stereocenters. The summed E-state index contributed by atoms with van der Waals surface area (Å²) in [5, 5.41) is 7.68. The fourth-order valence-electron chi connectivity index (χ4n) is 3.58. The molecule has 128 valence electrons. The van der Waals surface area contributed by atoms with Crippen molar-refractivity contribution < 1.29 is 4.79 Å². The van der Waals surface area contributed by atoms with E-state index in [-0.39, 0.29) is 11.8 Å². The zero-order valence-corrected chi connectivity index (χ0v) is 14.4. The first-order valence-electron chi connectivity index (χ1n) is 8.62. The minimum absolute atomic E-state index is 0.00570. The molecule has 25 heavy (non-hydrogen) atoms. The third-order valence-electron chi connectivity index (χ3n) is 4.65. The summed E-state index contributed by atoms with van der Waals surface area (Å²) < 4.78 is 3.91. The van der Waals surface area contributed by atoms with Crippen molar-refractivity contribution in [2.45, 2.75) is 32.2 Å². The Bertz CT molecular complexity index is 909. The SMILES string of the molecule is CCCn1ccnc1C1CC(=O)Nc2c1c(-c1ccccc1)nn2C. The monoisotopic (exact) mass is 335 g/mol. The molecule has 1 N–H and O–H groups in total. The topological polar surface area (TPSA) is 64.7 Å². The Balaban J connectivity index is 1.90. The van der Waals surface area contributed by atoms with Gasteiger partial charge < -0.3 is 9.88 Å². The Morgan fingerprint density at radius 3 is 2.84 bits per heavy atom. The van der Waals surface area contributed by atoms with E-state index in [1.807, 2.05) is 37.6 Å². The van der Waals surface area contributed by atoms with E-state index >= 15 is 0 Å². The maximum absolute atomic E-state index is 12.3. The summed E-state index contributed by atoms with van der Waals surface area (Å²) in [4.78, 5) is 16.9. The summed E-state index contributed by atoms with van der Waals surface area (Å²) >= 11 is 0. The summed E-state index contributed by atoms with van der Waals surface area (Å²) in [5.41, 5.74) is 3.01. The van der Waals surface area contributed by atoms with Gasteiger partial charge in [-0.05, 0) is 6.42 Å². The van der Waals surface area contributed by atoms with E-state index in [1.54, 1.807) is 4.68 Å². The number of imidazole rings is 1. The van der Waals surface area contributed by atoms with Crippen LogP contribution in [0.5, 0.6) is 0 Å². The molecule has 0 aliphatic carbocycles. The van der Waals surface area contributed by atoms with Crippen molar-refractivity contribution in [3.8, 4) is 11.3 Å². The highest BCUT2D eigenvalue weighted by Crippen LogP contribution is 2.42. The number of aryl methyl sites for hydroxylation is 2. The lowest BCUT2D eigenvalue weighted by molar-refractivity contribution is -0.116. The molecular formula is C19H21N5O. The van der Waals surface area contributed by atoms with E-state index in [9.17, 15) is 4.79 Å². The van der Waals surface area contributed by atoms with Crippen molar-refractivity contribution in [1.82, 2.24) is 19.3 Å². The van der Waals surface area contributed by atoms with Gasteiger partial charge in [-0.1, -0.05) is 37.3 Å². The van der Waals surface area contributed by atoms with E-state index in [2.05, 4.69) is 33.9 Å². The molecule has 0 saturated carbocycles. The Kier molecular flexibility index (Phi) is 3.87. The molecule has 0 spiro atoms. The normalized spacial score (nSPS) is 16.6. The van der Waals surface area contributed by atoms with Crippen LogP contribution in [0.1, 0.15) is 37.1 Å². The summed E-state index contributed by atoms with van der Waals surface area (Å²) in [6.45, 7) is 3.03. The maximum atomic E-state index is 12.3. The second-order valence-corrected chi connectivity index (χ2v) is 6.38. The molecule has 3 heterocycles. The van der Waals surface area contributed by atoms with Gasteiger partial charge in [-0.2, -0.15) is 5.10 Å². The minimum Gasteiger partial charge on any atom is -0.334 e. The van der Waals surface area contributed by atoms with Crippen LogP contribution < -0.4 is 5.32 Å². The first kappa shape index (κ1) is 15.6. The van der Waals surface area contributed by atoms with Crippen LogP contribution in [0.4, 0.5) is 5.82 Å². The lowest BCUT2D eigenvalue weighted by Crippen LogP contribution is -2.26. The van der Waals surface area contributed by atoms with E-state index < -0.39 is 0 Å². The number of hydrogen-bond acceptors (Lipinski definition) is 3. The molecule has 6 nitrogen and oxygen atoms in total. The minimum atomic E-state index is -0.0887. The van der Waals surface area contributed by atoms with E-state index in [0.717, 1.165) is 41.4 Å². The van der Waals surface area contributed by atoms with Crippen molar-refractivity contribution >= 4 is 11.7 Å². The van der Waals surface area contributed by atoms with Crippen LogP contribution in [-0.4, -0.2) is 25.2 Å². The zero-order valence-electron chi connectivity index (χ0n) is 14.4. The molecule has 1 atom stereocenters. The lowest BCUT2D eigenvalue weighted by Gasteiger charge is -2.24. The number of carbonyl (C=O) groups excluding carboxylic acids is 1. The van der Waals surface area contributed by atoms with Crippen molar-refractivity contribution in [3.63, 3.8) is 0 Å². The number of anilines is 1. The molecule has 0 saturated heterocycles. The van der Waals surface area contributed by atoms with Crippen LogP contribution in [0.15, 0.2) is 42.7 Å². The number of hydrogen-bond donors (Lipinski definition) is 1. The molecule has 1 aliphatic rings. The van der Waals surface area contributed by atoms with E-state index in [0.29, 0.717) is 6.42 Å². The number of nitrogens with zero attached hydrogens (tertiary/aromatic N) is 4. The predicted octanol–water partition coefficient (Wildman–Crippen LogP) is 3.17. The van der Waals surface area contributed by atoms with E-state index in [4.69, 9.17) is 5.10 Å². The van der Waals surface area contributed by atoms with Crippen molar-refractivity contribution in [2.75, 3.05) is 5.32 Å². The number of carbonyl (C=O) groups is 1. The van der Waals surface area contributed by atoms with Crippen molar-refractivity contribution in [1.29, 1.82) is 0 Å². The fourth-order valence-corrected chi connectivity index (χ4v) is 3.58. The molecule has 0 radical (unpaired) electrons. The smallest absolute Gasteiger partial charge is 0.226 e. The molecule has 3 aromatic rings. The quantitative estimate of drug-likeness (QED) is 0.796. The first-order valence-corrected chi connectivity index (χ1v) is 8.62. The summed E-state index contributed by atoms with van der Waals surface area (Å²) in [7, 11) is 1.87. The van der Waals surface area contributed by atoms with Gasteiger partial charge in [0.25, 0.3) is 0 Å². The number of benzene rings is 1. The number of nitrogens with one attached hydrogen (secondary N) is 1. The highest BCUT2D eigenvalue weighted by molar-refractivity contribution is 5.96. The zero-order chi connectivity index (χ0) is 17.4. The van der Waals surface area contributed by atoms with Crippen molar-refractivity contribution in [3.05, 3.63) is 54.1 Å². The maximum Gasteiger partial charge on any atom is 0.226 e. The molecule has 4 rings (SSSR count). The number of fused-ring (bicyclic) bond motifs is 1. The van der Waals surface area contributed by atoms with Gasteiger partial charge in [0.2, 0.25) is 5.91 Å². The molecule has 0 fully saturated rings. The highest BCUT2D eigenvalue weighted by atomic mass is 16.1. The third kappa shape index (κ3) is 2.63. The van der Waals surface area contributed by atoms with Gasteiger partial charge in [0, 0.05) is 43.5 Å². The standard InChI is InChI=1S/C19H21N5O/c1-3-10-24-11-9-20-18(24)14-12-15(25)21-19-16(14)17(22-23(19)2)13-7-5-4-6-8-13/h4-9,11,14H,3,10,12H2,1-2H3,(H,21,25). The molecule has 1 aromatic carbocycles. The molecular weight excluding hydrogens is 314 g/mol. The Hall–Kier alpha value is -2.89. The molecule has 1 aliphatic heterocycles. The molecule has 1 amide bonds. The van der Waals surface area contributed by atoms with Gasteiger partial charge in [-0.3, -0.25) is 9.48 Å². The Morgan fingerprint density at radius 1 is 1.28 bits per heavy atom. The van der Waals surface area contributed by atoms with Gasteiger partial charge in [0.1, 0.15) is 11.6 Å². The van der Waals surface area contributed by atoms with Crippen LogP contribution in [0, 0.1) is 0 Å². The van der Waals surface area contributed by atoms with Crippen LogP contribution in [0.2, 0.25) is 0 Å². The van der Waals surface area contributed by atoms with Crippen LogP contribution in [0.3, 0.4) is 0 Å². The van der Waals surface area contributed by atoms with Gasteiger partial charge in [-0.15, -0.1) is 0 Å². The van der Waals surface area contributed by atoms with Crippen molar-refractivity contribution in [2.24, 2.45) is 7.05 Å². The predicted molar refractivity (Wildman–Crippen MR) is 96.3 cm³/mol. The Labute approximate surface area is 146 Å². The molecule has 0 bridgehead atoms. The highest BCUT2D eigenvalue weighted by Gasteiger charge is 2.35. The first-order chi connectivity index (χ1) is 12.2. The number of amides is 1. The average Bonchev–Trinajstić information content (AvgIpc) is 3.21. The second kappa shape index (κ2) is 6.20. The number of aromatic nitrogens is 4. The van der Waals surface area contributed by atoms with Gasteiger partial charge in [0.05, 0.1) is 11.6 Å². The number of rotatable bonds is 4. The summed E-state index contributed by atoms with van der Waals surface area (Å²) in [6.07, 6.45) is 5.21. The fraction of sp³-hybridized carbons (Fsp3) is 0.316. The second-order valence-electron chi connectivity index (χ2n) is 6.38. The average molecular weight is 335 g/mol.